The maximum atomic E-state index is 13.2. The number of anilines is 2. The molecule has 0 spiro atoms. The third-order valence-electron chi connectivity index (χ3n) is 5.47. The lowest BCUT2D eigenvalue weighted by molar-refractivity contribution is 0.0591. The topological polar surface area (TPSA) is 55.8 Å². The molecule has 0 saturated carbocycles. The SMILES string of the molecule is CC[C@@H](C)N1C(=O)c2ccccc2N[C@@H]1c1ccc(N(CC)CC)cc1O. The summed E-state index contributed by atoms with van der Waals surface area (Å²) in [6.45, 7) is 10.1. The van der Waals surface area contributed by atoms with E-state index in [-0.39, 0.29) is 17.7 Å². The molecular formula is C22H29N3O2. The molecule has 2 aromatic rings. The second-order valence-corrected chi connectivity index (χ2v) is 6.98. The smallest absolute Gasteiger partial charge is 0.258 e. The summed E-state index contributed by atoms with van der Waals surface area (Å²) in [5.74, 6) is 0.202. The highest BCUT2D eigenvalue weighted by atomic mass is 16.3. The number of phenols is 1. The minimum absolute atomic E-state index is 0.00378. The number of amides is 1. The number of phenolic OH excluding ortho intramolecular Hbond substituents is 1. The van der Waals surface area contributed by atoms with Gasteiger partial charge in [0.1, 0.15) is 11.9 Å². The second-order valence-electron chi connectivity index (χ2n) is 6.98. The van der Waals surface area contributed by atoms with E-state index in [1.54, 1.807) is 6.07 Å². The van der Waals surface area contributed by atoms with Crippen LogP contribution in [-0.4, -0.2) is 35.0 Å². The number of carbonyl (C=O) groups excluding carboxylic acids is 1. The number of hydrogen-bond donors (Lipinski definition) is 2. The fourth-order valence-corrected chi connectivity index (χ4v) is 3.70. The van der Waals surface area contributed by atoms with Crippen molar-refractivity contribution >= 4 is 17.3 Å². The second kappa shape index (κ2) is 7.91. The third-order valence-corrected chi connectivity index (χ3v) is 5.47. The van der Waals surface area contributed by atoms with Gasteiger partial charge in [-0.15, -0.1) is 0 Å². The maximum absolute atomic E-state index is 13.2. The minimum atomic E-state index is -0.395. The van der Waals surface area contributed by atoms with E-state index in [4.69, 9.17) is 0 Å². The number of fused-ring (bicyclic) bond motifs is 1. The van der Waals surface area contributed by atoms with Gasteiger partial charge in [0.25, 0.3) is 5.91 Å². The Bertz CT molecular complexity index is 817. The molecule has 1 aliphatic heterocycles. The van der Waals surface area contributed by atoms with Crippen molar-refractivity contribution in [3.05, 3.63) is 53.6 Å². The van der Waals surface area contributed by atoms with Crippen LogP contribution in [0.1, 0.15) is 56.2 Å². The van der Waals surface area contributed by atoms with Gasteiger partial charge in [-0.1, -0.05) is 19.1 Å². The van der Waals surface area contributed by atoms with E-state index in [0.717, 1.165) is 30.9 Å². The van der Waals surface area contributed by atoms with Gasteiger partial charge < -0.3 is 20.2 Å². The molecule has 1 aliphatic rings. The first-order chi connectivity index (χ1) is 13.0. The molecule has 1 amide bonds. The fraction of sp³-hybridized carbons (Fsp3) is 0.409. The predicted molar refractivity (Wildman–Crippen MR) is 110 cm³/mol. The average molecular weight is 367 g/mol. The number of aromatic hydroxyl groups is 1. The van der Waals surface area contributed by atoms with Gasteiger partial charge in [-0.2, -0.15) is 0 Å². The lowest BCUT2D eigenvalue weighted by Crippen LogP contribution is -2.47. The summed E-state index contributed by atoms with van der Waals surface area (Å²) in [6.07, 6.45) is 0.442. The van der Waals surface area contributed by atoms with Gasteiger partial charge in [-0.25, -0.2) is 0 Å². The van der Waals surface area contributed by atoms with Crippen LogP contribution in [0.4, 0.5) is 11.4 Å². The zero-order valence-electron chi connectivity index (χ0n) is 16.6. The fourth-order valence-electron chi connectivity index (χ4n) is 3.70. The molecule has 0 radical (unpaired) electrons. The first-order valence-electron chi connectivity index (χ1n) is 9.77. The van der Waals surface area contributed by atoms with Crippen molar-refractivity contribution in [2.45, 2.75) is 46.3 Å². The standard InChI is InChI=1S/C22H29N3O2/c1-5-15(4)25-21(23-19-11-9-8-10-17(19)22(25)27)18-13-12-16(14-20(18)26)24(6-2)7-3/h8-15,21,23,26H,5-7H2,1-4H3/t15-,21+/m1/s1. The van der Waals surface area contributed by atoms with Gasteiger partial charge in [0.05, 0.1) is 5.56 Å². The Morgan fingerprint density at radius 2 is 1.85 bits per heavy atom. The van der Waals surface area contributed by atoms with Crippen LogP contribution < -0.4 is 10.2 Å². The monoisotopic (exact) mass is 367 g/mol. The molecular weight excluding hydrogens is 338 g/mol. The molecule has 0 unspecified atom stereocenters. The number of rotatable bonds is 6. The molecule has 1 heterocycles. The Hall–Kier alpha value is -2.69. The third kappa shape index (κ3) is 3.46. The molecule has 5 nitrogen and oxygen atoms in total. The van der Waals surface area contributed by atoms with E-state index >= 15 is 0 Å². The van der Waals surface area contributed by atoms with Crippen molar-refractivity contribution in [1.82, 2.24) is 4.90 Å². The van der Waals surface area contributed by atoms with Crippen LogP contribution in [0.25, 0.3) is 0 Å². The summed E-state index contributed by atoms with van der Waals surface area (Å²) in [5, 5.41) is 14.2. The summed E-state index contributed by atoms with van der Waals surface area (Å²) in [4.78, 5) is 17.2. The molecule has 3 rings (SSSR count). The molecule has 2 N–H and O–H groups in total. The van der Waals surface area contributed by atoms with Gasteiger partial charge >= 0.3 is 0 Å². The van der Waals surface area contributed by atoms with E-state index in [2.05, 4.69) is 31.0 Å². The van der Waals surface area contributed by atoms with Crippen molar-refractivity contribution in [3.8, 4) is 5.75 Å². The van der Waals surface area contributed by atoms with Crippen molar-refractivity contribution in [3.63, 3.8) is 0 Å². The highest BCUT2D eigenvalue weighted by Gasteiger charge is 2.36. The number of para-hydroxylation sites is 1. The van der Waals surface area contributed by atoms with E-state index in [0.29, 0.717) is 11.1 Å². The Morgan fingerprint density at radius 3 is 2.48 bits per heavy atom. The van der Waals surface area contributed by atoms with Crippen LogP contribution in [-0.2, 0) is 0 Å². The van der Waals surface area contributed by atoms with Crippen LogP contribution in [0.3, 0.4) is 0 Å². The summed E-state index contributed by atoms with van der Waals surface area (Å²) in [5.41, 5.74) is 3.18. The normalized spacial score (nSPS) is 17.3. The van der Waals surface area contributed by atoms with Crippen LogP contribution in [0, 0.1) is 0 Å². The predicted octanol–water partition coefficient (Wildman–Crippen LogP) is 4.60. The molecule has 0 aliphatic carbocycles. The highest BCUT2D eigenvalue weighted by molar-refractivity contribution is 6.02. The van der Waals surface area contributed by atoms with Gasteiger partial charge in [0.15, 0.2) is 0 Å². The van der Waals surface area contributed by atoms with E-state index < -0.39 is 6.17 Å². The maximum Gasteiger partial charge on any atom is 0.258 e. The number of benzene rings is 2. The summed E-state index contributed by atoms with van der Waals surface area (Å²) >= 11 is 0. The van der Waals surface area contributed by atoms with Crippen molar-refractivity contribution in [1.29, 1.82) is 0 Å². The van der Waals surface area contributed by atoms with Crippen LogP contribution in [0.15, 0.2) is 42.5 Å². The lowest BCUT2D eigenvalue weighted by Gasteiger charge is -2.41. The van der Waals surface area contributed by atoms with Gasteiger partial charge in [-0.3, -0.25) is 4.79 Å². The molecule has 5 heteroatoms. The summed E-state index contributed by atoms with van der Waals surface area (Å²) < 4.78 is 0. The molecule has 27 heavy (non-hydrogen) atoms. The Balaban J connectivity index is 2.04. The van der Waals surface area contributed by atoms with E-state index in [1.807, 2.05) is 48.2 Å². The Labute approximate surface area is 161 Å². The van der Waals surface area contributed by atoms with E-state index in [9.17, 15) is 9.90 Å². The first-order valence-corrected chi connectivity index (χ1v) is 9.77. The quantitative estimate of drug-likeness (QED) is 0.783. The van der Waals surface area contributed by atoms with Crippen LogP contribution >= 0.6 is 0 Å². The number of carbonyl (C=O) groups is 1. The van der Waals surface area contributed by atoms with Gasteiger partial charge in [0, 0.05) is 42.1 Å². The molecule has 0 bridgehead atoms. The number of hydrogen-bond acceptors (Lipinski definition) is 4. The summed E-state index contributed by atoms with van der Waals surface area (Å²) in [7, 11) is 0. The van der Waals surface area contributed by atoms with Gasteiger partial charge in [0.2, 0.25) is 0 Å². The Kier molecular flexibility index (Phi) is 5.59. The van der Waals surface area contributed by atoms with Crippen molar-refractivity contribution < 1.29 is 9.90 Å². The van der Waals surface area contributed by atoms with Crippen LogP contribution in [0.5, 0.6) is 5.75 Å². The summed E-state index contributed by atoms with van der Waals surface area (Å²) in [6, 6.07) is 13.3. The number of nitrogens with one attached hydrogen (secondary N) is 1. The number of nitrogens with zero attached hydrogens (tertiary/aromatic N) is 2. The van der Waals surface area contributed by atoms with Crippen molar-refractivity contribution in [2.24, 2.45) is 0 Å². The van der Waals surface area contributed by atoms with Crippen molar-refractivity contribution in [2.75, 3.05) is 23.3 Å². The highest BCUT2D eigenvalue weighted by Crippen LogP contribution is 2.39. The zero-order valence-corrected chi connectivity index (χ0v) is 16.6. The van der Waals surface area contributed by atoms with Gasteiger partial charge in [-0.05, 0) is 51.5 Å². The zero-order chi connectivity index (χ0) is 19.6. The van der Waals surface area contributed by atoms with E-state index in [1.165, 1.54) is 0 Å². The molecule has 0 fully saturated rings. The molecule has 144 valence electrons. The molecule has 0 saturated heterocycles. The largest absolute Gasteiger partial charge is 0.507 e. The first kappa shape index (κ1) is 19.1. The average Bonchev–Trinajstić information content (AvgIpc) is 2.68. The van der Waals surface area contributed by atoms with Crippen LogP contribution in [0.2, 0.25) is 0 Å². The molecule has 2 atom stereocenters. The Morgan fingerprint density at radius 1 is 1.15 bits per heavy atom. The molecule has 2 aromatic carbocycles. The molecule has 0 aromatic heterocycles. The minimum Gasteiger partial charge on any atom is -0.507 e. The lowest BCUT2D eigenvalue weighted by atomic mass is 10.00.